The molecule has 2 aromatic rings. The van der Waals surface area contributed by atoms with Gasteiger partial charge in [-0.1, -0.05) is 25.5 Å². The van der Waals surface area contributed by atoms with Gasteiger partial charge in [0.15, 0.2) is 0 Å². The Bertz CT molecular complexity index is 520. The molecular weight excluding hydrogens is 248 g/mol. The first kappa shape index (κ1) is 14.4. The summed E-state index contributed by atoms with van der Waals surface area (Å²) in [6.45, 7) is 3.71. The molecule has 0 unspecified atom stereocenters. The largest absolute Gasteiger partial charge is 0.508 e. The van der Waals surface area contributed by atoms with E-state index in [-0.39, 0.29) is 0 Å². The molecule has 106 valence electrons. The number of nitrogens with two attached hydrogens (primary N) is 1. The fourth-order valence-corrected chi connectivity index (χ4v) is 2.17. The molecule has 0 fully saturated rings. The first-order valence-electron chi connectivity index (χ1n) is 7.10. The van der Waals surface area contributed by atoms with Gasteiger partial charge in [0.05, 0.1) is 0 Å². The highest BCUT2D eigenvalue weighted by molar-refractivity contribution is 5.64. The minimum absolute atomic E-state index is 0.294. The maximum Gasteiger partial charge on any atom is 0.115 e. The second kappa shape index (κ2) is 6.96. The van der Waals surface area contributed by atoms with E-state index < -0.39 is 0 Å². The van der Waals surface area contributed by atoms with Crippen molar-refractivity contribution in [3.05, 3.63) is 54.1 Å². The Labute approximate surface area is 120 Å². The van der Waals surface area contributed by atoms with Gasteiger partial charge >= 0.3 is 0 Å². The Morgan fingerprint density at radius 1 is 0.950 bits per heavy atom. The second-order valence-electron chi connectivity index (χ2n) is 4.89. The van der Waals surface area contributed by atoms with Crippen LogP contribution in [0.25, 0.3) is 0 Å². The minimum atomic E-state index is 0.294. The lowest BCUT2D eigenvalue weighted by molar-refractivity contribution is 0.475. The van der Waals surface area contributed by atoms with Gasteiger partial charge < -0.3 is 15.7 Å². The summed E-state index contributed by atoms with van der Waals surface area (Å²) in [6, 6.07) is 15.7. The van der Waals surface area contributed by atoms with Crippen LogP contribution in [-0.4, -0.2) is 11.7 Å². The van der Waals surface area contributed by atoms with Crippen molar-refractivity contribution in [2.45, 2.75) is 26.3 Å². The van der Waals surface area contributed by atoms with Crippen molar-refractivity contribution in [1.82, 2.24) is 0 Å². The molecule has 0 atom stereocenters. The summed E-state index contributed by atoms with van der Waals surface area (Å²) in [5.41, 5.74) is 9.02. The van der Waals surface area contributed by atoms with Crippen molar-refractivity contribution < 1.29 is 5.11 Å². The van der Waals surface area contributed by atoms with Crippen LogP contribution in [0.5, 0.6) is 5.75 Å². The number of phenols is 1. The number of anilines is 2. The van der Waals surface area contributed by atoms with Crippen LogP contribution in [0.3, 0.4) is 0 Å². The number of aromatic hydroxyl groups is 1. The lowest BCUT2D eigenvalue weighted by Crippen LogP contribution is -2.18. The Morgan fingerprint density at radius 2 is 1.50 bits per heavy atom. The zero-order valence-electron chi connectivity index (χ0n) is 11.9. The number of hydrogen-bond donors (Lipinski definition) is 2. The number of phenolic OH excluding ortho intramolecular Hbond substituents is 1. The van der Waals surface area contributed by atoms with Gasteiger partial charge in [0, 0.05) is 24.5 Å². The average Bonchev–Trinajstić information content (AvgIpc) is 2.50. The second-order valence-corrected chi connectivity index (χ2v) is 4.89. The number of hydrogen-bond acceptors (Lipinski definition) is 3. The molecule has 0 aliphatic carbocycles. The van der Waals surface area contributed by atoms with Crippen molar-refractivity contribution in [2.75, 3.05) is 11.4 Å². The molecule has 2 aromatic carbocycles. The molecule has 0 saturated carbocycles. The Balaban J connectivity index is 2.27. The molecular formula is C17H22N2O. The van der Waals surface area contributed by atoms with Crippen LogP contribution >= 0.6 is 0 Å². The topological polar surface area (TPSA) is 49.5 Å². The van der Waals surface area contributed by atoms with Crippen LogP contribution in [0.4, 0.5) is 11.4 Å². The minimum Gasteiger partial charge on any atom is -0.508 e. The summed E-state index contributed by atoms with van der Waals surface area (Å²) in [5, 5.41) is 9.42. The van der Waals surface area contributed by atoms with Crippen molar-refractivity contribution in [2.24, 2.45) is 5.73 Å². The summed E-state index contributed by atoms with van der Waals surface area (Å²) in [7, 11) is 0. The molecule has 0 aliphatic rings. The van der Waals surface area contributed by atoms with Gasteiger partial charge in [0.2, 0.25) is 0 Å². The number of nitrogens with zero attached hydrogens (tertiary/aromatic N) is 1. The fourth-order valence-electron chi connectivity index (χ4n) is 2.17. The van der Waals surface area contributed by atoms with Crippen LogP contribution in [0.15, 0.2) is 48.5 Å². The van der Waals surface area contributed by atoms with Gasteiger partial charge in [-0.25, -0.2) is 0 Å². The molecule has 3 heteroatoms. The maximum atomic E-state index is 9.42. The smallest absolute Gasteiger partial charge is 0.115 e. The zero-order chi connectivity index (χ0) is 14.4. The van der Waals surface area contributed by atoms with E-state index in [1.807, 2.05) is 12.1 Å². The van der Waals surface area contributed by atoms with Crippen LogP contribution in [0.2, 0.25) is 0 Å². The van der Waals surface area contributed by atoms with Crippen molar-refractivity contribution in [3.8, 4) is 5.75 Å². The van der Waals surface area contributed by atoms with Gasteiger partial charge in [0.1, 0.15) is 5.75 Å². The summed E-state index contributed by atoms with van der Waals surface area (Å²) in [4.78, 5) is 2.27. The molecule has 0 aliphatic heterocycles. The van der Waals surface area contributed by atoms with E-state index >= 15 is 0 Å². The normalized spacial score (nSPS) is 10.5. The lowest BCUT2D eigenvalue weighted by Gasteiger charge is -2.25. The van der Waals surface area contributed by atoms with Gasteiger partial charge in [0.25, 0.3) is 0 Å². The highest BCUT2D eigenvalue weighted by Crippen LogP contribution is 2.27. The van der Waals surface area contributed by atoms with Crippen LogP contribution in [0.1, 0.15) is 25.3 Å². The third kappa shape index (κ3) is 3.52. The summed E-state index contributed by atoms with van der Waals surface area (Å²) >= 11 is 0. The lowest BCUT2D eigenvalue weighted by atomic mass is 10.1. The highest BCUT2D eigenvalue weighted by atomic mass is 16.3. The molecule has 20 heavy (non-hydrogen) atoms. The Morgan fingerprint density at radius 3 is 2.00 bits per heavy atom. The quantitative estimate of drug-likeness (QED) is 0.839. The first-order chi connectivity index (χ1) is 9.74. The van der Waals surface area contributed by atoms with Gasteiger partial charge in [-0.05, 0) is 48.4 Å². The van der Waals surface area contributed by atoms with E-state index in [2.05, 4.69) is 36.1 Å². The summed E-state index contributed by atoms with van der Waals surface area (Å²) in [5.74, 6) is 0.294. The van der Waals surface area contributed by atoms with E-state index in [0.29, 0.717) is 12.3 Å². The van der Waals surface area contributed by atoms with Crippen molar-refractivity contribution in [3.63, 3.8) is 0 Å². The average molecular weight is 270 g/mol. The van der Waals surface area contributed by atoms with Crippen LogP contribution in [-0.2, 0) is 6.54 Å². The van der Waals surface area contributed by atoms with Crippen LogP contribution in [0, 0.1) is 0 Å². The van der Waals surface area contributed by atoms with Crippen molar-refractivity contribution in [1.29, 1.82) is 0 Å². The van der Waals surface area contributed by atoms with Gasteiger partial charge in [-0.3, -0.25) is 0 Å². The monoisotopic (exact) mass is 270 g/mol. The molecule has 2 rings (SSSR count). The molecule has 0 radical (unpaired) electrons. The van der Waals surface area contributed by atoms with E-state index in [0.717, 1.165) is 36.3 Å². The summed E-state index contributed by atoms with van der Waals surface area (Å²) < 4.78 is 0. The third-order valence-corrected chi connectivity index (χ3v) is 3.38. The summed E-state index contributed by atoms with van der Waals surface area (Å²) in [6.07, 6.45) is 2.27. The first-order valence-corrected chi connectivity index (χ1v) is 7.10. The van der Waals surface area contributed by atoms with Crippen molar-refractivity contribution >= 4 is 11.4 Å². The zero-order valence-corrected chi connectivity index (χ0v) is 11.9. The van der Waals surface area contributed by atoms with E-state index in [1.54, 1.807) is 12.1 Å². The molecule has 0 spiro atoms. The molecule has 3 N–H and O–H groups in total. The van der Waals surface area contributed by atoms with E-state index in [9.17, 15) is 5.11 Å². The van der Waals surface area contributed by atoms with E-state index in [4.69, 9.17) is 5.73 Å². The molecule has 0 saturated heterocycles. The Hall–Kier alpha value is -2.00. The third-order valence-electron chi connectivity index (χ3n) is 3.38. The number of rotatable bonds is 6. The SMILES string of the molecule is CCCCN(c1ccc(O)cc1)c1ccc(CN)cc1. The van der Waals surface area contributed by atoms with Crippen LogP contribution < -0.4 is 10.6 Å². The predicted molar refractivity (Wildman–Crippen MR) is 84.4 cm³/mol. The Kier molecular flexibility index (Phi) is 5.02. The number of unbranched alkanes of at least 4 members (excludes halogenated alkanes) is 1. The fraction of sp³-hybridized carbons (Fsp3) is 0.294. The molecule has 0 heterocycles. The van der Waals surface area contributed by atoms with Gasteiger partial charge in [-0.2, -0.15) is 0 Å². The number of benzene rings is 2. The molecule has 3 nitrogen and oxygen atoms in total. The maximum absolute atomic E-state index is 9.42. The standard InChI is InChI=1S/C17H22N2O/c1-2-3-12-19(16-8-10-17(20)11-9-16)15-6-4-14(13-18)5-7-15/h4-11,20H,2-3,12-13,18H2,1H3. The molecule has 0 aromatic heterocycles. The van der Waals surface area contributed by atoms with Gasteiger partial charge in [-0.15, -0.1) is 0 Å². The predicted octanol–water partition coefficient (Wildman–Crippen LogP) is 3.79. The molecule has 0 amide bonds. The van der Waals surface area contributed by atoms with E-state index in [1.165, 1.54) is 0 Å². The molecule has 0 bridgehead atoms. The highest BCUT2D eigenvalue weighted by Gasteiger charge is 2.08.